The molecule has 0 radical (unpaired) electrons. The van der Waals surface area contributed by atoms with Gasteiger partial charge in [-0.25, -0.2) is 0 Å². The van der Waals surface area contributed by atoms with Crippen LogP contribution in [0.4, 0.5) is 0 Å². The molecule has 0 saturated heterocycles. The number of Topliss-reactive ketones (excluding diaryl/α,β-unsaturated/α-hetero) is 2. The lowest BCUT2D eigenvalue weighted by Crippen LogP contribution is -2.24. The summed E-state index contributed by atoms with van der Waals surface area (Å²) in [4.78, 5) is 34.2. The van der Waals surface area contributed by atoms with Gasteiger partial charge in [0.05, 0.1) is 12.0 Å². The van der Waals surface area contributed by atoms with Gasteiger partial charge >= 0.3 is 0 Å². The fraction of sp³-hybridized carbons (Fsp3) is 0.400. The van der Waals surface area contributed by atoms with Gasteiger partial charge in [-0.2, -0.15) is 0 Å². The highest BCUT2D eigenvalue weighted by atomic mass is 16.2. The Morgan fingerprint density at radius 2 is 2.05 bits per heavy atom. The number of aldehydes is 1. The summed E-state index contributed by atoms with van der Waals surface area (Å²) < 4.78 is 0. The van der Waals surface area contributed by atoms with Crippen LogP contribution in [0, 0.1) is 5.92 Å². The number of hydrogen-bond donors (Lipinski definition) is 1. The van der Waals surface area contributed by atoms with E-state index in [1.807, 2.05) is 0 Å². The van der Waals surface area contributed by atoms with Crippen LogP contribution in [0.3, 0.4) is 0 Å². The van der Waals surface area contributed by atoms with Crippen molar-refractivity contribution in [2.75, 3.05) is 0 Å². The maximum Gasteiger partial charge on any atom is 0.173 e. The first kappa shape index (κ1) is 13.6. The summed E-state index contributed by atoms with van der Waals surface area (Å²) in [6, 6.07) is 6.48. The molecule has 4 heteroatoms. The third-order valence-electron chi connectivity index (χ3n) is 3.51. The summed E-state index contributed by atoms with van der Waals surface area (Å²) in [5.74, 6) is -0.492. The minimum atomic E-state index is -0.516. The van der Waals surface area contributed by atoms with Crippen molar-refractivity contribution in [1.29, 1.82) is 0 Å². The van der Waals surface area contributed by atoms with Crippen molar-refractivity contribution in [3.63, 3.8) is 0 Å². The van der Waals surface area contributed by atoms with Crippen LogP contribution >= 0.6 is 0 Å². The molecule has 0 heterocycles. The number of hydrogen-bond acceptors (Lipinski definition) is 4. The van der Waals surface area contributed by atoms with E-state index in [9.17, 15) is 14.4 Å². The number of carbonyl (C=O) groups excluding carboxylic acids is 3. The van der Waals surface area contributed by atoms with E-state index in [-0.39, 0.29) is 11.6 Å². The quantitative estimate of drug-likeness (QED) is 0.491. The number of carbonyl (C=O) groups is 3. The Morgan fingerprint density at radius 3 is 2.58 bits per heavy atom. The second-order valence-corrected chi connectivity index (χ2v) is 4.98. The van der Waals surface area contributed by atoms with E-state index in [0.29, 0.717) is 31.1 Å². The molecule has 2 rings (SSSR count). The number of nitrogens with two attached hydrogens (primary N) is 1. The van der Waals surface area contributed by atoms with Crippen LogP contribution in [0.1, 0.15) is 35.2 Å². The van der Waals surface area contributed by atoms with Crippen molar-refractivity contribution in [3.05, 3.63) is 35.4 Å². The Balaban J connectivity index is 2.07. The maximum atomic E-state index is 12.1. The van der Waals surface area contributed by atoms with Gasteiger partial charge in [-0.15, -0.1) is 0 Å². The molecule has 1 fully saturated rings. The lowest BCUT2D eigenvalue weighted by atomic mass is 9.94. The molecule has 2 atom stereocenters. The number of rotatable bonds is 5. The summed E-state index contributed by atoms with van der Waals surface area (Å²) in [6.45, 7) is 0. The van der Waals surface area contributed by atoms with E-state index < -0.39 is 12.0 Å². The first-order chi connectivity index (χ1) is 9.11. The summed E-state index contributed by atoms with van der Waals surface area (Å²) >= 11 is 0. The van der Waals surface area contributed by atoms with E-state index in [0.717, 1.165) is 12.0 Å². The van der Waals surface area contributed by atoms with E-state index >= 15 is 0 Å². The van der Waals surface area contributed by atoms with Gasteiger partial charge in [0.15, 0.2) is 5.78 Å². The Labute approximate surface area is 112 Å². The van der Waals surface area contributed by atoms with Crippen molar-refractivity contribution in [3.8, 4) is 0 Å². The topological polar surface area (TPSA) is 77.2 Å². The van der Waals surface area contributed by atoms with Gasteiger partial charge < -0.3 is 10.5 Å². The predicted octanol–water partition coefficient (Wildman–Crippen LogP) is 1.31. The van der Waals surface area contributed by atoms with Gasteiger partial charge in [-0.05, 0) is 24.8 Å². The molecule has 19 heavy (non-hydrogen) atoms. The second-order valence-electron chi connectivity index (χ2n) is 4.98. The maximum absolute atomic E-state index is 12.1. The Kier molecular flexibility index (Phi) is 4.22. The second kappa shape index (κ2) is 5.89. The fourth-order valence-corrected chi connectivity index (χ4v) is 2.42. The zero-order chi connectivity index (χ0) is 13.8. The third kappa shape index (κ3) is 3.15. The lowest BCUT2D eigenvalue weighted by molar-refractivity contribution is -0.119. The summed E-state index contributed by atoms with van der Waals surface area (Å²) in [7, 11) is 0. The van der Waals surface area contributed by atoms with E-state index in [4.69, 9.17) is 5.73 Å². The zero-order valence-electron chi connectivity index (χ0n) is 10.7. The molecule has 2 N–H and O–H groups in total. The van der Waals surface area contributed by atoms with Crippen LogP contribution in [0.15, 0.2) is 24.3 Å². The fourth-order valence-electron chi connectivity index (χ4n) is 2.42. The highest BCUT2D eigenvalue weighted by molar-refractivity contribution is 6.11. The standard InChI is InChI=1S/C15H17NO3/c16-12(9-17)8-10-4-6-11(7-5-10)15(19)13-2-1-3-14(13)18/h4-7,9,12-13H,1-3,8,16H2/t12-,13?/m0/s1. The van der Waals surface area contributed by atoms with Crippen molar-refractivity contribution in [2.45, 2.75) is 31.7 Å². The van der Waals surface area contributed by atoms with Crippen LogP contribution in [-0.4, -0.2) is 23.9 Å². The molecule has 1 aromatic carbocycles. The van der Waals surface area contributed by atoms with Crippen molar-refractivity contribution < 1.29 is 14.4 Å². The molecule has 1 saturated carbocycles. The smallest absolute Gasteiger partial charge is 0.173 e. The largest absolute Gasteiger partial charge is 0.321 e. The van der Waals surface area contributed by atoms with Crippen molar-refractivity contribution >= 4 is 17.9 Å². The molecule has 1 aliphatic carbocycles. The third-order valence-corrected chi connectivity index (χ3v) is 3.51. The van der Waals surface area contributed by atoms with Crippen LogP contribution in [0.2, 0.25) is 0 Å². The molecule has 0 aliphatic heterocycles. The van der Waals surface area contributed by atoms with Gasteiger partial charge in [0, 0.05) is 12.0 Å². The average Bonchev–Trinajstić information content (AvgIpc) is 2.85. The SMILES string of the molecule is N[C@H](C=O)Cc1ccc(C(=O)C2CCCC2=O)cc1. The van der Waals surface area contributed by atoms with Gasteiger partial charge in [0.25, 0.3) is 0 Å². The Hall–Kier alpha value is -1.81. The molecule has 0 amide bonds. The first-order valence-corrected chi connectivity index (χ1v) is 6.48. The minimum Gasteiger partial charge on any atom is -0.321 e. The van der Waals surface area contributed by atoms with Gasteiger partial charge in [-0.1, -0.05) is 24.3 Å². The zero-order valence-corrected chi connectivity index (χ0v) is 10.7. The Bertz CT molecular complexity index is 493. The minimum absolute atomic E-state index is 0.0528. The molecule has 1 aromatic rings. The normalized spacial score (nSPS) is 20.3. The molecule has 1 aliphatic rings. The van der Waals surface area contributed by atoms with Crippen LogP contribution in [0.5, 0.6) is 0 Å². The predicted molar refractivity (Wildman–Crippen MR) is 70.9 cm³/mol. The molecule has 1 unspecified atom stereocenters. The molecule has 0 spiro atoms. The highest BCUT2D eigenvalue weighted by Gasteiger charge is 2.31. The van der Waals surface area contributed by atoms with Crippen molar-refractivity contribution in [1.82, 2.24) is 0 Å². The monoisotopic (exact) mass is 259 g/mol. The number of ketones is 2. The molecule has 4 nitrogen and oxygen atoms in total. The molecular weight excluding hydrogens is 242 g/mol. The highest BCUT2D eigenvalue weighted by Crippen LogP contribution is 2.25. The van der Waals surface area contributed by atoms with Crippen LogP contribution in [-0.2, 0) is 16.0 Å². The van der Waals surface area contributed by atoms with Gasteiger partial charge in [0.1, 0.15) is 12.1 Å². The molecule has 100 valence electrons. The van der Waals surface area contributed by atoms with Gasteiger partial charge in [-0.3, -0.25) is 9.59 Å². The van der Waals surface area contributed by atoms with Gasteiger partial charge in [0.2, 0.25) is 0 Å². The average molecular weight is 259 g/mol. The van der Waals surface area contributed by atoms with E-state index in [2.05, 4.69) is 0 Å². The van der Waals surface area contributed by atoms with E-state index in [1.165, 1.54) is 0 Å². The summed E-state index contributed by atoms with van der Waals surface area (Å²) in [5, 5.41) is 0. The summed E-state index contributed by atoms with van der Waals surface area (Å²) in [5.41, 5.74) is 7.01. The molecular formula is C15H17NO3. The Morgan fingerprint density at radius 1 is 1.37 bits per heavy atom. The number of benzene rings is 1. The summed E-state index contributed by atoms with van der Waals surface area (Å²) in [6.07, 6.45) is 3.15. The molecule has 0 aromatic heterocycles. The molecule has 0 bridgehead atoms. The van der Waals surface area contributed by atoms with Crippen LogP contribution in [0.25, 0.3) is 0 Å². The van der Waals surface area contributed by atoms with Crippen LogP contribution < -0.4 is 5.73 Å². The lowest BCUT2D eigenvalue weighted by Gasteiger charge is -2.08. The van der Waals surface area contributed by atoms with Crippen molar-refractivity contribution in [2.24, 2.45) is 11.7 Å². The van der Waals surface area contributed by atoms with E-state index in [1.54, 1.807) is 24.3 Å². The first-order valence-electron chi connectivity index (χ1n) is 6.48.